The monoisotopic (exact) mass is 467 g/mol. The fourth-order valence-corrected chi connectivity index (χ4v) is 5.58. The Hall–Kier alpha value is -4.10. The highest BCUT2D eigenvalue weighted by Gasteiger charge is 2.74. The summed E-state index contributed by atoms with van der Waals surface area (Å²) < 4.78 is 11.6. The Morgan fingerprint density at radius 3 is 2.11 bits per heavy atom. The number of nitrogens with zero attached hydrogens (tertiary/aromatic N) is 1. The minimum Gasteiger partial charge on any atom is -0.497 e. The van der Waals surface area contributed by atoms with E-state index >= 15 is 0 Å². The van der Waals surface area contributed by atoms with E-state index in [0.717, 1.165) is 10.5 Å². The zero-order valence-corrected chi connectivity index (χ0v) is 19.1. The molecular weight excluding hydrogens is 446 g/mol. The highest BCUT2D eigenvalue weighted by atomic mass is 16.5. The second-order valence-corrected chi connectivity index (χ2v) is 9.11. The number of methoxy groups -OCH3 is 1. The summed E-state index contributed by atoms with van der Waals surface area (Å²) in [6.45, 7) is 1.90. The van der Waals surface area contributed by atoms with Crippen molar-refractivity contribution in [2.45, 2.75) is 18.6 Å². The third kappa shape index (κ3) is 2.76. The number of imide groups is 1. The molecule has 2 amide bonds. The number of hydrogen-bond acceptors (Lipinski definition) is 6. The summed E-state index contributed by atoms with van der Waals surface area (Å²) in [7, 11) is 1.52. The fraction of sp³-hybridized carbons (Fsp3) is 0.214. The average Bonchev–Trinajstić information content (AvgIpc) is 3.45. The number of amides is 2. The molecule has 2 saturated heterocycles. The van der Waals surface area contributed by atoms with Gasteiger partial charge in [0.25, 0.3) is 0 Å². The standard InChI is InChI=1S/C28H21NO6/c1-15-10-12-17(13-11-15)29-26(32)21-22(27(29)33)28(24(30)19-8-3-4-9-20(19)25(28)31)35-23(21)16-6-5-7-18(14-16)34-2/h3-14,21-23H,1-2H3/t21-,22+,23-/m1/s1. The van der Waals surface area contributed by atoms with Gasteiger partial charge in [-0.05, 0) is 36.8 Å². The predicted octanol–water partition coefficient (Wildman–Crippen LogP) is 3.70. The maximum atomic E-state index is 13.9. The zero-order chi connectivity index (χ0) is 24.5. The molecule has 3 aromatic carbocycles. The van der Waals surface area contributed by atoms with Crippen molar-refractivity contribution in [3.8, 4) is 5.75 Å². The van der Waals surface area contributed by atoms with Gasteiger partial charge in [-0.2, -0.15) is 0 Å². The summed E-state index contributed by atoms with van der Waals surface area (Å²) in [6.07, 6.45) is -0.982. The van der Waals surface area contributed by atoms with Gasteiger partial charge in [0.15, 0.2) is 0 Å². The first-order chi connectivity index (χ1) is 16.9. The number of aryl methyl sites for hydroxylation is 1. The normalized spacial score (nSPS) is 24.3. The summed E-state index contributed by atoms with van der Waals surface area (Å²) in [5, 5.41) is 0. The number of carbonyl (C=O) groups is 4. The fourth-order valence-electron chi connectivity index (χ4n) is 5.58. The van der Waals surface area contributed by atoms with Crippen molar-refractivity contribution in [1.82, 2.24) is 0 Å². The van der Waals surface area contributed by atoms with Gasteiger partial charge in [-0.25, -0.2) is 4.90 Å². The third-order valence-corrected chi connectivity index (χ3v) is 7.23. The van der Waals surface area contributed by atoms with Crippen LogP contribution in [-0.4, -0.2) is 36.1 Å². The van der Waals surface area contributed by atoms with E-state index in [9.17, 15) is 19.2 Å². The Morgan fingerprint density at radius 2 is 1.49 bits per heavy atom. The first-order valence-electron chi connectivity index (χ1n) is 11.3. The van der Waals surface area contributed by atoms with Gasteiger partial charge >= 0.3 is 0 Å². The lowest BCUT2D eigenvalue weighted by Crippen LogP contribution is -2.51. The molecule has 3 atom stereocenters. The number of hydrogen-bond donors (Lipinski definition) is 0. The molecule has 2 aliphatic heterocycles. The Balaban J connectivity index is 1.54. The Kier molecular flexibility index (Phi) is 4.56. The molecule has 7 nitrogen and oxygen atoms in total. The number of carbonyl (C=O) groups excluding carboxylic acids is 4. The van der Waals surface area contributed by atoms with Gasteiger partial charge in [0, 0.05) is 11.1 Å². The van der Waals surface area contributed by atoms with Crippen LogP contribution in [0.5, 0.6) is 5.75 Å². The van der Waals surface area contributed by atoms with E-state index in [4.69, 9.17) is 9.47 Å². The number of ether oxygens (including phenoxy) is 2. The molecule has 7 heteroatoms. The highest BCUT2D eigenvalue weighted by Crippen LogP contribution is 2.57. The van der Waals surface area contributed by atoms with Crippen LogP contribution in [0.1, 0.15) is 37.9 Å². The van der Waals surface area contributed by atoms with Gasteiger partial charge in [-0.3, -0.25) is 19.2 Å². The molecule has 6 rings (SSSR count). The summed E-state index contributed by atoms with van der Waals surface area (Å²) in [5.41, 5.74) is 0.246. The van der Waals surface area contributed by atoms with Crippen LogP contribution in [-0.2, 0) is 14.3 Å². The van der Waals surface area contributed by atoms with Crippen LogP contribution in [0.25, 0.3) is 0 Å². The lowest BCUT2D eigenvalue weighted by atomic mass is 9.77. The van der Waals surface area contributed by atoms with Crippen LogP contribution in [0.4, 0.5) is 5.69 Å². The second kappa shape index (κ2) is 7.45. The molecule has 2 fully saturated rings. The van der Waals surface area contributed by atoms with Crippen molar-refractivity contribution in [2.75, 3.05) is 12.0 Å². The molecule has 1 spiro atoms. The van der Waals surface area contributed by atoms with Gasteiger partial charge in [0.2, 0.25) is 29.0 Å². The number of Topliss-reactive ketones (excluding diaryl/α,β-unsaturated/α-hetero) is 2. The highest BCUT2D eigenvalue weighted by molar-refractivity contribution is 6.37. The van der Waals surface area contributed by atoms with Crippen LogP contribution < -0.4 is 9.64 Å². The summed E-state index contributed by atoms with van der Waals surface area (Å²) >= 11 is 0. The van der Waals surface area contributed by atoms with Crippen LogP contribution in [0, 0.1) is 18.8 Å². The third-order valence-electron chi connectivity index (χ3n) is 7.23. The Labute approximate surface area is 201 Å². The molecular formula is C28H21NO6. The number of fused-ring (bicyclic) bond motifs is 3. The first-order valence-corrected chi connectivity index (χ1v) is 11.3. The minimum atomic E-state index is -2.09. The zero-order valence-electron chi connectivity index (χ0n) is 19.1. The van der Waals surface area contributed by atoms with Crippen LogP contribution >= 0.6 is 0 Å². The topological polar surface area (TPSA) is 90.0 Å². The van der Waals surface area contributed by atoms with E-state index in [0.29, 0.717) is 17.0 Å². The van der Waals surface area contributed by atoms with Gasteiger partial charge < -0.3 is 9.47 Å². The Morgan fingerprint density at radius 1 is 0.829 bits per heavy atom. The van der Waals surface area contributed by atoms with Crippen molar-refractivity contribution < 1.29 is 28.7 Å². The molecule has 0 N–H and O–H groups in total. The molecule has 2 heterocycles. The molecule has 174 valence electrons. The van der Waals surface area contributed by atoms with Gasteiger partial charge in [-0.15, -0.1) is 0 Å². The summed E-state index contributed by atoms with van der Waals surface area (Å²) in [4.78, 5) is 56.3. The van der Waals surface area contributed by atoms with Crippen molar-refractivity contribution in [3.63, 3.8) is 0 Å². The summed E-state index contributed by atoms with van der Waals surface area (Å²) in [5.74, 6) is -4.05. The Bertz CT molecular complexity index is 1390. The number of rotatable bonds is 3. The lowest BCUT2D eigenvalue weighted by molar-refractivity contribution is -0.127. The lowest BCUT2D eigenvalue weighted by Gasteiger charge is -2.27. The minimum absolute atomic E-state index is 0.205. The van der Waals surface area contributed by atoms with Crippen molar-refractivity contribution >= 4 is 29.1 Å². The quantitative estimate of drug-likeness (QED) is 0.431. The SMILES string of the molecule is COc1cccc([C@H]2OC3(C(=O)c4ccccc4C3=O)[C@@H]3C(=O)N(c4ccc(C)cc4)C(=O)[C@@H]23)c1. The van der Waals surface area contributed by atoms with E-state index in [-0.39, 0.29) is 11.1 Å². The summed E-state index contributed by atoms with van der Waals surface area (Å²) in [6, 6.07) is 20.3. The van der Waals surface area contributed by atoms with Gasteiger partial charge in [0.1, 0.15) is 5.75 Å². The number of anilines is 1. The molecule has 0 bridgehead atoms. The number of benzene rings is 3. The largest absolute Gasteiger partial charge is 0.497 e. The predicted molar refractivity (Wildman–Crippen MR) is 125 cm³/mol. The molecule has 3 aromatic rings. The van der Waals surface area contributed by atoms with E-state index in [1.165, 1.54) is 7.11 Å². The van der Waals surface area contributed by atoms with Crippen LogP contribution in [0.3, 0.4) is 0 Å². The van der Waals surface area contributed by atoms with Crippen molar-refractivity contribution in [2.24, 2.45) is 11.8 Å². The van der Waals surface area contributed by atoms with Crippen molar-refractivity contribution in [1.29, 1.82) is 0 Å². The second-order valence-electron chi connectivity index (χ2n) is 9.11. The maximum absolute atomic E-state index is 13.9. The molecule has 0 aromatic heterocycles. The van der Waals surface area contributed by atoms with Crippen LogP contribution in [0.2, 0.25) is 0 Å². The number of ketones is 2. The maximum Gasteiger partial charge on any atom is 0.241 e. The van der Waals surface area contributed by atoms with Crippen LogP contribution in [0.15, 0.2) is 72.8 Å². The molecule has 0 unspecified atom stereocenters. The average molecular weight is 467 g/mol. The van der Waals surface area contributed by atoms with E-state index in [1.807, 2.05) is 6.92 Å². The van der Waals surface area contributed by atoms with Gasteiger partial charge in [-0.1, -0.05) is 54.1 Å². The smallest absolute Gasteiger partial charge is 0.241 e. The molecule has 3 aliphatic rings. The molecule has 0 saturated carbocycles. The van der Waals surface area contributed by atoms with E-state index in [2.05, 4.69) is 0 Å². The van der Waals surface area contributed by atoms with Gasteiger partial charge in [0.05, 0.1) is 30.7 Å². The molecule has 1 aliphatic carbocycles. The molecule has 35 heavy (non-hydrogen) atoms. The van der Waals surface area contributed by atoms with E-state index in [1.54, 1.807) is 72.8 Å². The molecule has 0 radical (unpaired) electrons. The van der Waals surface area contributed by atoms with Crippen molar-refractivity contribution in [3.05, 3.63) is 95.1 Å². The first kappa shape index (κ1) is 21.4. The van der Waals surface area contributed by atoms with E-state index < -0.39 is 46.9 Å².